The van der Waals surface area contributed by atoms with Crippen LogP contribution < -0.4 is 5.32 Å². The molecule has 1 aromatic carbocycles. The van der Waals surface area contributed by atoms with Gasteiger partial charge in [-0.1, -0.05) is 51.1 Å². The zero-order chi connectivity index (χ0) is 25.1. The lowest BCUT2D eigenvalue weighted by atomic mass is 9.97. The van der Waals surface area contributed by atoms with Gasteiger partial charge in [0.2, 0.25) is 15.7 Å². The lowest BCUT2D eigenvalue weighted by molar-refractivity contribution is -0.144. The number of nitrogens with one attached hydrogen (secondary N) is 1. The predicted molar refractivity (Wildman–Crippen MR) is 131 cm³/mol. The third-order valence-electron chi connectivity index (χ3n) is 5.48. The minimum Gasteiger partial charge on any atom is -0.480 e. The van der Waals surface area contributed by atoms with Crippen LogP contribution in [0.1, 0.15) is 51.5 Å². The Labute approximate surface area is 202 Å². The average molecular weight is 482 g/mol. The highest BCUT2D eigenvalue weighted by atomic mass is 28.2. The van der Waals surface area contributed by atoms with Crippen molar-refractivity contribution < 1.29 is 23.9 Å². The first-order valence-corrected chi connectivity index (χ1v) is 12.1. The first kappa shape index (κ1) is 25.6. The van der Waals surface area contributed by atoms with Crippen molar-refractivity contribution in [2.45, 2.75) is 57.7 Å². The molecular formula is C25H31N3O5Si. The number of aliphatic carboxylic acids is 1. The van der Waals surface area contributed by atoms with Crippen LogP contribution in [0.5, 0.6) is 0 Å². The van der Waals surface area contributed by atoms with Gasteiger partial charge in [-0.3, -0.25) is 19.4 Å². The molecule has 2 N–H and O–H groups in total. The maximum Gasteiger partial charge on any atom is 0.323 e. The number of fused-ring (bicyclic) bond motifs is 1. The molecule has 0 fully saturated rings. The highest BCUT2D eigenvalue weighted by Crippen LogP contribution is 2.29. The quantitative estimate of drug-likeness (QED) is 0.464. The molecule has 2 aromatic rings. The Kier molecular flexibility index (Phi) is 7.57. The van der Waals surface area contributed by atoms with Crippen LogP contribution in [0.2, 0.25) is 5.04 Å². The van der Waals surface area contributed by atoms with Crippen LogP contribution in [0, 0.1) is 0 Å². The van der Waals surface area contributed by atoms with Gasteiger partial charge in [0.1, 0.15) is 18.3 Å². The van der Waals surface area contributed by atoms with Gasteiger partial charge < -0.3 is 19.7 Å². The van der Waals surface area contributed by atoms with Gasteiger partial charge in [-0.2, -0.15) is 0 Å². The third kappa shape index (κ3) is 6.30. The van der Waals surface area contributed by atoms with Gasteiger partial charge in [-0.25, -0.2) is 0 Å². The first-order chi connectivity index (χ1) is 15.9. The number of aromatic nitrogens is 1. The van der Waals surface area contributed by atoms with Crippen molar-refractivity contribution in [1.29, 1.82) is 0 Å². The molecule has 3 rings (SSSR count). The van der Waals surface area contributed by atoms with Crippen molar-refractivity contribution in [3.05, 3.63) is 53.9 Å². The summed E-state index contributed by atoms with van der Waals surface area (Å²) in [6.07, 6.45) is 3.66. The molecule has 1 aliphatic rings. The predicted octanol–water partition coefficient (Wildman–Crippen LogP) is 3.21. The molecule has 2 radical (unpaired) electrons. The van der Waals surface area contributed by atoms with E-state index in [9.17, 15) is 19.5 Å². The Morgan fingerprint density at radius 3 is 2.59 bits per heavy atom. The van der Waals surface area contributed by atoms with Crippen molar-refractivity contribution >= 4 is 38.3 Å². The molecule has 1 aromatic heterocycles. The summed E-state index contributed by atoms with van der Waals surface area (Å²) in [5.74, 6) is -2.05. The number of nitrogens with zero attached hydrogens (tertiary/aromatic N) is 2. The number of pyridine rings is 1. The molecule has 0 saturated heterocycles. The summed E-state index contributed by atoms with van der Waals surface area (Å²) in [7, 11) is 0.220. The SMILES string of the molecule is CC(C)(C)[Si]OC(C)(C)C1=CCC(NC(=O)c2nccc3ccccc23)C(=O)N(CC(=O)O)C1. The molecule has 1 aliphatic heterocycles. The fourth-order valence-electron chi connectivity index (χ4n) is 3.66. The lowest BCUT2D eigenvalue weighted by Gasteiger charge is -2.33. The minimum absolute atomic E-state index is 0.0267. The number of hydrogen-bond donors (Lipinski definition) is 2. The molecule has 1 unspecified atom stereocenters. The molecule has 8 nitrogen and oxygen atoms in total. The molecule has 0 bridgehead atoms. The highest BCUT2D eigenvalue weighted by Gasteiger charge is 2.35. The topological polar surface area (TPSA) is 109 Å². The third-order valence-corrected chi connectivity index (χ3v) is 6.70. The van der Waals surface area contributed by atoms with E-state index in [0.717, 1.165) is 11.0 Å². The minimum atomic E-state index is -1.12. The smallest absolute Gasteiger partial charge is 0.323 e. The second-order valence-electron chi connectivity index (χ2n) is 9.92. The van der Waals surface area contributed by atoms with Crippen LogP contribution in [0.25, 0.3) is 10.8 Å². The van der Waals surface area contributed by atoms with Crippen LogP contribution in [-0.4, -0.2) is 67.3 Å². The van der Waals surface area contributed by atoms with Gasteiger partial charge in [0.05, 0.1) is 5.60 Å². The van der Waals surface area contributed by atoms with E-state index in [4.69, 9.17) is 4.43 Å². The number of carbonyl (C=O) groups excluding carboxylic acids is 2. The van der Waals surface area contributed by atoms with Gasteiger partial charge in [0, 0.05) is 18.1 Å². The van der Waals surface area contributed by atoms with E-state index >= 15 is 0 Å². The highest BCUT2D eigenvalue weighted by molar-refractivity contribution is 6.31. The number of amides is 2. The second-order valence-corrected chi connectivity index (χ2v) is 11.8. The number of carbonyl (C=O) groups is 3. The van der Waals surface area contributed by atoms with Crippen molar-refractivity contribution in [2.75, 3.05) is 13.1 Å². The molecular weight excluding hydrogens is 450 g/mol. The summed E-state index contributed by atoms with van der Waals surface area (Å²) in [5.41, 5.74) is 0.330. The van der Waals surface area contributed by atoms with Crippen molar-refractivity contribution in [1.82, 2.24) is 15.2 Å². The average Bonchev–Trinajstić information content (AvgIpc) is 2.91. The van der Waals surface area contributed by atoms with E-state index in [1.807, 2.05) is 44.2 Å². The molecule has 180 valence electrons. The monoisotopic (exact) mass is 481 g/mol. The molecule has 9 heteroatoms. The summed E-state index contributed by atoms with van der Waals surface area (Å²) >= 11 is 0. The van der Waals surface area contributed by atoms with Crippen molar-refractivity contribution in [2.24, 2.45) is 0 Å². The van der Waals surface area contributed by atoms with Crippen LogP contribution >= 0.6 is 0 Å². The Hall–Kier alpha value is -3.04. The summed E-state index contributed by atoms with van der Waals surface area (Å²) < 4.78 is 6.19. The molecule has 0 aliphatic carbocycles. The van der Waals surface area contributed by atoms with Gasteiger partial charge in [-0.15, -0.1) is 0 Å². The van der Waals surface area contributed by atoms with Crippen LogP contribution in [-0.2, 0) is 14.0 Å². The fourth-order valence-corrected chi connectivity index (χ4v) is 4.35. The van der Waals surface area contributed by atoms with E-state index in [1.54, 1.807) is 12.3 Å². The van der Waals surface area contributed by atoms with Crippen LogP contribution in [0.4, 0.5) is 0 Å². The van der Waals surface area contributed by atoms with Gasteiger partial charge in [0.25, 0.3) is 5.91 Å². The van der Waals surface area contributed by atoms with E-state index in [2.05, 4.69) is 31.1 Å². The summed E-state index contributed by atoms with van der Waals surface area (Å²) in [5, 5.41) is 13.7. The number of rotatable bonds is 7. The first-order valence-electron chi connectivity index (χ1n) is 11.2. The number of hydrogen-bond acceptors (Lipinski definition) is 5. The lowest BCUT2D eigenvalue weighted by Crippen LogP contribution is -2.50. The molecule has 0 saturated carbocycles. The Balaban J connectivity index is 1.87. The zero-order valence-electron chi connectivity index (χ0n) is 20.2. The van der Waals surface area contributed by atoms with E-state index in [1.165, 1.54) is 4.90 Å². The Morgan fingerprint density at radius 1 is 1.21 bits per heavy atom. The molecule has 1 atom stereocenters. The molecule has 2 amide bonds. The number of benzene rings is 1. The molecule has 34 heavy (non-hydrogen) atoms. The van der Waals surface area contributed by atoms with Crippen molar-refractivity contribution in [3.63, 3.8) is 0 Å². The fraction of sp³-hybridized carbons (Fsp3) is 0.440. The zero-order valence-corrected chi connectivity index (χ0v) is 21.2. The second kappa shape index (κ2) is 10.1. The van der Waals surface area contributed by atoms with E-state index in [-0.39, 0.29) is 33.5 Å². The normalized spacial score (nSPS) is 17.3. The largest absolute Gasteiger partial charge is 0.480 e. The Morgan fingerprint density at radius 2 is 1.91 bits per heavy atom. The summed E-state index contributed by atoms with van der Waals surface area (Å²) in [6.45, 7) is 9.72. The standard InChI is InChI=1S/C25H31N3O5Si/c1-24(2,3)34-33-25(4,5)17-10-11-19(23(32)28(14-17)15-20(29)30)27-22(31)21-18-9-7-6-8-16(18)12-13-26-21/h6-10,12-13,19H,11,14-15H2,1-5H3,(H,27,31)(H,29,30). The molecule has 2 heterocycles. The summed E-state index contributed by atoms with van der Waals surface area (Å²) in [4.78, 5) is 43.3. The Bertz CT molecular complexity index is 1120. The van der Waals surface area contributed by atoms with Crippen LogP contribution in [0.15, 0.2) is 48.2 Å². The molecule has 0 spiro atoms. The number of carboxylic acids is 1. The maximum atomic E-state index is 13.3. The van der Waals surface area contributed by atoms with Gasteiger partial charge in [0.15, 0.2) is 0 Å². The van der Waals surface area contributed by atoms with Gasteiger partial charge in [-0.05, 0) is 42.3 Å². The summed E-state index contributed by atoms with van der Waals surface area (Å²) in [6, 6.07) is 8.28. The van der Waals surface area contributed by atoms with E-state index < -0.39 is 36.0 Å². The van der Waals surface area contributed by atoms with E-state index in [0.29, 0.717) is 5.39 Å². The van der Waals surface area contributed by atoms with Crippen molar-refractivity contribution in [3.8, 4) is 0 Å². The van der Waals surface area contributed by atoms with Crippen LogP contribution in [0.3, 0.4) is 0 Å². The number of carboxylic acid groups (broad SMARTS) is 1. The maximum absolute atomic E-state index is 13.3. The van der Waals surface area contributed by atoms with Gasteiger partial charge >= 0.3 is 5.97 Å².